The van der Waals surface area contributed by atoms with Crippen LogP contribution in [0.2, 0.25) is 0 Å². The Bertz CT molecular complexity index is 678. The minimum Gasteiger partial charge on any atom is -0.290 e. The fourth-order valence-corrected chi connectivity index (χ4v) is 5.06. The molecule has 1 aliphatic carbocycles. The third-order valence-electron chi connectivity index (χ3n) is 4.65. The van der Waals surface area contributed by atoms with Crippen molar-refractivity contribution in [2.24, 2.45) is 0 Å². The van der Waals surface area contributed by atoms with Crippen LogP contribution < -0.4 is 4.90 Å². The van der Waals surface area contributed by atoms with E-state index in [1.54, 1.807) is 29.6 Å². The Morgan fingerprint density at radius 2 is 2.26 bits per heavy atom. The van der Waals surface area contributed by atoms with Gasteiger partial charge in [-0.15, -0.1) is 11.3 Å². The molecule has 122 valence electrons. The first kappa shape index (κ1) is 15.3. The summed E-state index contributed by atoms with van der Waals surface area (Å²) < 4.78 is 0. The molecule has 1 amide bonds. The van der Waals surface area contributed by atoms with Crippen LogP contribution in [-0.2, 0) is 11.3 Å². The van der Waals surface area contributed by atoms with Gasteiger partial charge < -0.3 is 0 Å². The van der Waals surface area contributed by atoms with E-state index < -0.39 is 0 Å². The molecule has 0 N–H and O–H groups in total. The molecule has 23 heavy (non-hydrogen) atoms. The molecule has 1 aliphatic heterocycles. The summed E-state index contributed by atoms with van der Waals surface area (Å²) in [4.78, 5) is 21.0. The van der Waals surface area contributed by atoms with Crippen molar-refractivity contribution in [2.75, 3.05) is 11.4 Å². The Morgan fingerprint density at radius 1 is 1.39 bits per heavy atom. The van der Waals surface area contributed by atoms with Crippen LogP contribution in [0.3, 0.4) is 0 Å². The average molecular weight is 348 g/mol. The summed E-state index contributed by atoms with van der Waals surface area (Å²) in [7, 11) is 0. The maximum atomic E-state index is 11.9. The number of aromatic nitrogens is 1. The maximum Gasteiger partial charge on any atom is 0.225 e. The van der Waals surface area contributed by atoms with E-state index in [4.69, 9.17) is 4.98 Å². The summed E-state index contributed by atoms with van der Waals surface area (Å²) in [6, 6.07) is 3.15. The molecule has 4 nitrogen and oxygen atoms in total. The molecule has 1 saturated carbocycles. The van der Waals surface area contributed by atoms with Gasteiger partial charge in [-0.2, -0.15) is 11.3 Å². The lowest BCUT2D eigenvalue weighted by atomic mass is 10.1. The Balaban J connectivity index is 1.48. The SMILES string of the molecule is CC(=O)N(c1nc(CN2CCCC2c2ccsc2)cs1)C1CC1. The van der Waals surface area contributed by atoms with Crippen LogP contribution in [0.15, 0.2) is 22.2 Å². The van der Waals surface area contributed by atoms with E-state index in [9.17, 15) is 4.79 Å². The van der Waals surface area contributed by atoms with Gasteiger partial charge >= 0.3 is 0 Å². The average Bonchev–Trinajstić information content (AvgIpc) is 2.97. The molecule has 4 rings (SSSR count). The summed E-state index contributed by atoms with van der Waals surface area (Å²) in [5, 5.41) is 7.42. The van der Waals surface area contributed by atoms with Crippen LogP contribution in [-0.4, -0.2) is 28.4 Å². The lowest BCUT2D eigenvalue weighted by Gasteiger charge is -2.23. The molecule has 3 heterocycles. The number of carbonyl (C=O) groups excluding carboxylic acids is 1. The third kappa shape index (κ3) is 3.20. The van der Waals surface area contributed by atoms with Crippen LogP contribution in [0.25, 0.3) is 0 Å². The minimum atomic E-state index is 0.116. The van der Waals surface area contributed by atoms with Gasteiger partial charge in [0.05, 0.1) is 5.69 Å². The standard InChI is InChI=1S/C17H21N3OS2/c1-12(21)20(15-4-5-15)17-18-14(11-23-17)9-19-7-2-3-16(19)13-6-8-22-10-13/h6,8,10-11,15-16H,2-5,7,9H2,1H3. The molecule has 6 heteroatoms. The van der Waals surface area contributed by atoms with Gasteiger partial charge in [0.25, 0.3) is 0 Å². The van der Waals surface area contributed by atoms with E-state index in [1.807, 2.05) is 4.90 Å². The lowest BCUT2D eigenvalue weighted by Crippen LogP contribution is -2.30. The predicted molar refractivity (Wildman–Crippen MR) is 95.0 cm³/mol. The summed E-state index contributed by atoms with van der Waals surface area (Å²) in [5.41, 5.74) is 2.53. The van der Waals surface area contributed by atoms with Gasteiger partial charge in [-0.3, -0.25) is 14.6 Å². The molecule has 0 radical (unpaired) electrons. The number of hydrogen-bond acceptors (Lipinski definition) is 5. The zero-order valence-electron chi connectivity index (χ0n) is 13.3. The van der Waals surface area contributed by atoms with Crippen molar-refractivity contribution < 1.29 is 4.79 Å². The fraction of sp³-hybridized carbons (Fsp3) is 0.529. The highest BCUT2D eigenvalue weighted by atomic mass is 32.1. The van der Waals surface area contributed by atoms with E-state index in [2.05, 4.69) is 27.1 Å². The first-order valence-corrected chi connectivity index (χ1v) is 10.0. The number of rotatable bonds is 5. The topological polar surface area (TPSA) is 36.4 Å². The van der Waals surface area contributed by atoms with Gasteiger partial charge in [0.15, 0.2) is 5.13 Å². The quantitative estimate of drug-likeness (QED) is 0.818. The van der Waals surface area contributed by atoms with Crippen molar-refractivity contribution in [3.05, 3.63) is 33.5 Å². The second-order valence-electron chi connectivity index (χ2n) is 6.43. The van der Waals surface area contributed by atoms with Crippen LogP contribution in [0.4, 0.5) is 5.13 Å². The molecule has 0 bridgehead atoms. The Kier molecular flexibility index (Phi) is 4.22. The number of carbonyl (C=O) groups is 1. The minimum absolute atomic E-state index is 0.116. The third-order valence-corrected chi connectivity index (χ3v) is 6.24. The zero-order chi connectivity index (χ0) is 15.8. The summed E-state index contributed by atoms with van der Waals surface area (Å²) in [6.45, 7) is 3.66. The highest BCUT2D eigenvalue weighted by Crippen LogP contribution is 2.36. The molecule has 2 aromatic rings. The highest BCUT2D eigenvalue weighted by molar-refractivity contribution is 7.14. The van der Waals surface area contributed by atoms with E-state index in [0.29, 0.717) is 12.1 Å². The second kappa shape index (κ2) is 6.34. The predicted octanol–water partition coefficient (Wildman–Crippen LogP) is 4.06. The lowest BCUT2D eigenvalue weighted by molar-refractivity contribution is -0.116. The van der Waals surface area contributed by atoms with Crippen molar-refractivity contribution in [3.63, 3.8) is 0 Å². The smallest absolute Gasteiger partial charge is 0.225 e. The summed E-state index contributed by atoms with van der Waals surface area (Å²) in [6.07, 6.45) is 4.70. The van der Waals surface area contributed by atoms with E-state index in [1.165, 1.54) is 18.4 Å². The monoisotopic (exact) mass is 347 g/mol. The number of hydrogen-bond donors (Lipinski definition) is 0. The Labute approximate surface area is 144 Å². The molecular weight excluding hydrogens is 326 g/mol. The van der Waals surface area contributed by atoms with Gasteiger partial charge in [0, 0.05) is 30.9 Å². The normalized spacial score (nSPS) is 21.7. The van der Waals surface area contributed by atoms with Gasteiger partial charge in [-0.25, -0.2) is 4.98 Å². The number of amides is 1. The molecule has 1 unspecified atom stereocenters. The molecule has 2 fully saturated rings. The zero-order valence-corrected chi connectivity index (χ0v) is 14.9. The van der Waals surface area contributed by atoms with Gasteiger partial charge in [-0.05, 0) is 54.6 Å². The van der Waals surface area contributed by atoms with Crippen molar-refractivity contribution in [1.29, 1.82) is 0 Å². The second-order valence-corrected chi connectivity index (χ2v) is 8.04. The van der Waals surface area contributed by atoms with Crippen molar-refractivity contribution in [2.45, 2.75) is 51.2 Å². The van der Waals surface area contributed by atoms with Crippen LogP contribution in [0.5, 0.6) is 0 Å². The van der Waals surface area contributed by atoms with Crippen LogP contribution >= 0.6 is 22.7 Å². The van der Waals surface area contributed by atoms with E-state index >= 15 is 0 Å². The number of nitrogens with zero attached hydrogens (tertiary/aromatic N) is 3. The van der Waals surface area contributed by atoms with Gasteiger partial charge in [-0.1, -0.05) is 0 Å². The molecule has 0 spiro atoms. The van der Waals surface area contributed by atoms with Gasteiger partial charge in [0.2, 0.25) is 5.91 Å². The van der Waals surface area contributed by atoms with E-state index in [-0.39, 0.29) is 5.91 Å². The Hall–Kier alpha value is -1.24. The molecule has 2 aromatic heterocycles. The first-order chi connectivity index (χ1) is 11.2. The maximum absolute atomic E-state index is 11.9. The molecule has 0 aromatic carbocycles. The van der Waals surface area contributed by atoms with Crippen LogP contribution in [0, 0.1) is 0 Å². The molecule has 1 atom stereocenters. The number of thiazole rings is 1. The fourth-order valence-electron chi connectivity index (χ4n) is 3.43. The van der Waals surface area contributed by atoms with E-state index in [0.717, 1.165) is 36.8 Å². The van der Waals surface area contributed by atoms with Crippen molar-refractivity contribution in [1.82, 2.24) is 9.88 Å². The van der Waals surface area contributed by atoms with Gasteiger partial charge in [0.1, 0.15) is 0 Å². The van der Waals surface area contributed by atoms with Crippen molar-refractivity contribution >= 4 is 33.7 Å². The summed E-state index contributed by atoms with van der Waals surface area (Å²) in [5.74, 6) is 0.116. The molecule has 1 saturated heterocycles. The largest absolute Gasteiger partial charge is 0.290 e. The van der Waals surface area contributed by atoms with Crippen LogP contribution in [0.1, 0.15) is 49.9 Å². The van der Waals surface area contributed by atoms with Crippen molar-refractivity contribution in [3.8, 4) is 0 Å². The first-order valence-electron chi connectivity index (χ1n) is 8.22. The highest BCUT2D eigenvalue weighted by Gasteiger charge is 2.34. The number of thiophene rings is 1. The molecular formula is C17H21N3OS2. The Morgan fingerprint density at radius 3 is 2.96 bits per heavy atom. The summed E-state index contributed by atoms with van der Waals surface area (Å²) >= 11 is 3.38. The molecule has 2 aliphatic rings. The number of likely N-dealkylation sites (tertiary alicyclic amines) is 1. The number of anilines is 1.